The minimum absolute atomic E-state index is 0.0490. The Kier molecular flexibility index (Phi) is 5.15. The Balaban J connectivity index is 1.76. The zero-order valence-corrected chi connectivity index (χ0v) is 12.7. The molecule has 0 heterocycles. The number of aliphatic carboxylic acids is 1. The second-order valence-electron chi connectivity index (χ2n) is 5.13. The molecular weight excluding hydrogens is 308 g/mol. The fourth-order valence-corrected chi connectivity index (χ4v) is 3.35. The van der Waals surface area contributed by atoms with Crippen LogP contribution in [-0.2, 0) is 19.6 Å². The number of carbonyl (C=O) groups is 2. The van der Waals surface area contributed by atoms with E-state index >= 15 is 0 Å². The Morgan fingerprint density at radius 3 is 2.27 bits per heavy atom. The second-order valence-corrected chi connectivity index (χ2v) is 6.90. The van der Waals surface area contributed by atoms with Gasteiger partial charge in [0.05, 0.1) is 16.7 Å². The number of carboxylic acid groups (broad SMARTS) is 1. The molecular formula is C14H18N2O5S. The molecule has 0 aliphatic heterocycles. The van der Waals surface area contributed by atoms with E-state index in [4.69, 9.17) is 5.11 Å². The molecule has 0 saturated heterocycles. The first kappa shape index (κ1) is 16.4. The molecule has 1 saturated carbocycles. The van der Waals surface area contributed by atoms with Crippen molar-refractivity contribution in [2.24, 2.45) is 11.8 Å². The summed E-state index contributed by atoms with van der Waals surface area (Å²) >= 11 is 0. The topological polar surface area (TPSA) is 113 Å². The molecule has 22 heavy (non-hydrogen) atoms. The number of carboxylic acids is 1. The SMILES string of the molecule is O=C(O)C1CCC1C(=O)NCCNS(=O)(=O)c1ccccc1. The summed E-state index contributed by atoms with van der Waals surface area (Å²) in [5, 5.41) is 11.4. The van der Waals surface area contributed by atoms with E-state index in [0.29, 0.717) is 12.8 Å². The second kappa shape index (κ2) is 6.89. The van der Waals surface area contributed by atoms with Crippen LogP contribution in [-0.4, -0.2) is 38.5 Å². The monoisotopic (exact) mass is 326 g/mol. The zero-order chi connectivity index (χ0) is 16.2. The molecule has 0 radical (unpaired) electrons. The maximum Gasteiger partial charge on any atom is 0.307 e. The first-order valence-electron chi connectivity index (χ1n) is 6.97. The van der Waals surface area contributed by atoms with Gasteiger partial charge < -0.3 is 10.4 Å². The van der Waals surface area contributed by atoms with Crippen LogP contribution in [0.2, 0.25) is 0 Å². The molecule has 0 spiro atoms. The van der Waals surface area contributed by atoms with Gasteiger partial charge in [-0.15, -0.1) is 0 Å². The third-order valence-corrected chi connectivity index (χ3v) is 5.18. The average Bonchev–Trinajstić information content (AvgIpc) is 2.43. The molecule has 1 fully saturated rings. The smallest absolute Gasteiger partial charge is 0.307 e. The fraction of sp³-hybridized carbons (Fsp3) is 0.429. The lowest BCUT2D eigenvalue weighted by atomic mass is 9.73. The normalized spacial score (nSPS) is 20.9. The van der Waals surface area contributed by atoms with Crippen LogP contribution >= 0.6 is 0 Å². The number of nitrogens with one attached hydrogen (secondary N) is 2. The summed E-state index contributed by atoms with van der Waals surface area (Å²) in [4.78, 5) is 22.8. The maximum atomic E-state index is 11.9. The first-order chi connectivity index (χ1) is 10.4. The van der Waals surface area contributed by atoms with Crippen LogP contribution in [0.3, 0.4) is 0 Å². The van der Waals surface area contributed by atoms with Gasteiger partial charge in [0.2, 0.25) is 15.9 Å². The molecule has 120 valence electrons. The molecule has 2 atom stereocenters. The predicted octanol–water partition coefficient (Wildman–Crippen LogP) is 0.192. The van der Waals surface area contributed by atoms with Gasteiger partial charge in [-0.05, 0) is 25.0 Å². The van der Waals surface area contributed by atoms with Gasteiger partial charge in [0.25, 0.3) is 0 Å². The molecule has 7 nitrogen and oxygen atoms in total. The summed E-state index contributed by atoms with van der Waals surface area (Å²) in [6.45, 7) is 0.168. The Labute approximate surface area is 128 Å². The van der Waals surface area contributed by atoms with Crippen LogP contribution in [0.4, 0.5) is 0 Å². The molecule has 0 aromatic heterocycles. The number of hydrogen-bond acceptors (Lipinski definition) is 4. The largest absolute Gasteiger partial charge is 0.481 e. The Morgan fingerprint density at radius 2 is 1.73 bits per heavy atom. The van der Waals surface area contributed by atoms with E-state index in [1.165, 1.54) is 12.1 Å². The van der Waals surface area contributed by atoms with Gasteiger partial charge in [-0.1, -0.05) is 18.2 Å². The predicted molar refractivity (Wildman–Crippen MR) is 78.5 cm³/mol. The number of amides is 1. The van der Waals surface area contributed by atoms with Crippen LogP contribution in [0.25, 0.3) is 0 Å². The van der Waals surface area contributed by atoms with E-state index < -0.39 is 27.8 Å². The van der Waals surface area contributed by atoms with Crippen molar-refractivity contribution in [2.75, 3.05) is 13.1 Å². The Bertz CT molecular complexity index is 644. The lowest BCUT2D eigenvalue weighted by molar-refractivity contribution is -0.152. The number of hydrogen-bond donors (Lipinski definition) is 3. The number of carbonyl (C=O) groups excluding carboxylic acids is 1. The fourth-order valence-electron chi connectivity index (χ4n) is 2.29. The molecule has 2 unspecified atom stereocenters. The van der Waals surface area contributed by atoms with Crippen molar-refractivity contribution in [1.82, 2.24) is 10.0 Å². The average molecular weight is 326 g/mol. The Morgan fingerprint density at radius 1 is 1.09 bits per heavy atom. The van der Waals surface area contributed by atoms with E-state index in [1.807, 2.05) is 0 Å². The summed E-state index contributed by atoms with van der Waals surface area (Å²) in [5.74, 6) is -2.43. The first-order valence-corrected chi connectivity index (χ1v) is 8.45. The minimum Gasteiger partial charge on any atom is -0.481 e. The Hall–Kier alpha value is -1.93. The molecule has 1 aromatic carbocycles. The van der Waals surface area contributed by atoms with E-state index in [-0.39, 0.29) is 23.9 Å². The summed E-state index contributed by atoms with van der Waals surface area (Å²) in [6.07, 6.45) is 1.06. The summed E-state index contributed by atoms with van der Waals surface area (Å²) in [6, 6.07) is 7.92. The van der Waals surface area contributed by atoms with Gasteiger partial charge in [0.15, 0.2) is 0 Å². The molecule has 1 aromatic rings. The highest BCUT2D eigenvalue weighted by atomic mass is 32.2. The van der Waals surface area contributed by atoms with Crippen molar-refractivity contribution in [2.45, 2.75) is 17.7 Å². The van der Waals surface area contributed by atoms with E-state index in [0.717, 1.165) is 0 Å². The van der Waals surface area contributed by atoms with Gasteiger partial charge in [0, 0.05) is 13.1 Å². The minimum atomic E-state index is -3.59. The number of sulfonamides is 1. The van der Waals surface area contributed by atoms with Gasteiger partial charge in [-0.2, -0.15) is 0 Å². The third-order valence-electron chi connectivity index (χ3n) is 3.70. The lowest BCUT2D eigenvalue weighted by Gasteiger charge is -2.31. The van der Waals surface area contributed by atoms with Crippen LogP contribution < -0.4 is 10.0 Å². The summed E-state index contributed by atoms with van der Waals surface area (Å²) in [5.41, 5.74) is 0. The van der Waals surface area contributed by atoms with Gasteiger partial charge in [0.1, 0.15) is 0 Å². The molecule has 1 aliphatic rings. The van der Waals surface area contributed by atoms with Crippen LogP contribution in [0.1, 0.15) is 12.8 Å². The van der Waals surface area contributed by atoms with E-state index in [1.54, 1.807) is 18.2 Å². The molecule has 1 amide bonds. The summed E-state index contributed by atoms with van der Waals surface area (Å²) < 4.78 is 26.2. The molecule has 1 aliphatic carbocycles. The van der Waals surface area contributed by atoms with Gasteiger partial charge in [-0.25, -0.2) is 13.1 Å². The van der Waals surface area contributed by atoms with Crippen molar-refractivity contribution < 1.29 is 23.1 Å². The van der Waals surface area contributed by atoms with Gasteiger partial charge in [-0.3, -0.25) is 9.59 Å². The number of benzene rings is 1. The standard InChI is InChI=1S/C14H18N2O5S/c17-13(11-6-7-12(11)14(18)19)15-8-9-16-22(20,21)10-4-2-1-3-5-10/h1-5,11-12,16H,6-9H2,(H,15,17)(H,18,19). The maximum absolute atomic E-state index is 11.9. The molecule has 3 N–H and O–H groups in total. The van der Waals surface area contributed by atoms with E-state index in [9.17, 15) is 18.0 Å². The van der Waals surface area contributed by atoms with Crippen molar-refractivity contribution in [3.8, 4) is 0 Å². The van der Waals surface area contributed by atoms with Crippen molar-refractivity contribution in [3.63, 3.8) is 0 Å². The van der Waals surface area contributed by atoms with Crippen molar-refractivity contribution in [1.29, 1.82) is 0 Å². The lowest BCUT2D eigenvalue weighted by Crippen LogP contribution is -2.45. The molecule has 8 heteroatoms. The summed E-state index contributed by atoms with van der Waals surface area (Å²) in [7, 11) is -3.59. The van der Waals surface area contributed by atoms with Crippen LogP contribution in [0, 0.1) is 11.8 Å². The highest BCUT2D eigenvalue weighted by Gasteiger charge is 2.41. The van der Waals surface area contributed by atoms with Crippen molar-refractivity contribution >= 4 is 21.9 Å². The van der Waals surface area contributed by atoms with Crippen molar-refractivity contribution in [3.05, 3.63) is 30.3 Å². The zero-order valence-electron chi connectivity index (χ0n) is 11.9. The number of rotatable bonds is 7. The van der Waals surface area contributed by atoms with Crippen LogP contribution in [0.15, 0.2) is 35.2 Å². The highest BCUT2D eigenvalue weighted by Crippen LogP contribution is 2.34. The van der Waals surface area contributed by atoms with Crippen LogP contribution in [0.5, 0.6) is 0 Å². The van der Waals surface area contributed by atoms with E-state index in [2.05, 4.69) is 10.0 Å². The highest BCUT2D eigenvalue weighted by molar-refractivity contribution is 7.89. The molecule has 0 bridgehead atoms. The molecule has 2 rings (SSSR count). The quantitative estimate of drug-likeness (QED) is 0.619. The van der Waals surface area contributed by atoms with Gasteiger partial charge >= 0.3 is 5.97 Å². The third kappa shape index (κ3) is 3.83.